The smallest absolute Gasteiger partial charge is 0.311 e. The van der Waals surface area contributed by atoms with Crippen molar-refractivity contribution in [2.75, 3.05) is 0 Å². The molecule has 7 aromatic rings. The summed E-state index contributed by atoms with van der Waals surface area (Å²) in [5, 5.41) is 0. The van der Waals surface area contributed by atoms with E-state index in [0.29, 0.717) is 12.2 Å². The van der Waals surface area contributed by atoms with E-state index in [4.69, 9.17) is 14.7 Å². The van der Waals surface area contributed by atoms with Gasteiger partial charge < -0.3 is 14.7 Å². The average molecular weight is 785 g/mol. The Balaban J connectivity index is 1.23. The van der Waals surface area contributed by atoms with E-state index >= 15 is 0 Å². The number of carbonyl (C=O) groups is 1. The van der Waals surface area contributed by atoms with Crippen molar-refractivity contribution in [3.63, 3.8) is 0 Å². The number of rotatable bonds is 13. The zero-order valence-electron chi connectivity index (χ0n) is 34.0. The minimum atomic E-state index is -0.191. The molecule has 5 heterocycles. The molecule has 3 aromatic heterocycles. The highest BCUT2D eigenvalue weighted by Gasteiger charge is 2.19. The van der Waals surface area contributed by atoms with Gasteiger partial charge in [-0.05, 0) is 89.4 Å². The maximum atomic E-state index is 12.8. The van der Waals surface area contributed by atoms with E-state index in [9.17, 15) is 4.79 Å². The first-order valence-electron chi connectivity index (χ1n) is 21.3. The number of carbonyl (C=O) groups excluding carboxylic acids is 1. The van der Waals surface area contributed by atoms with Crippen LogP contribution in [0.2, 0.25) is 0 Å². The van der Waals surface area contributed by atoms with Crippen LogP contribution in [0.1, 0.15) is 81.1 Å². The number of nitrogens with zero attached hydrogens (tertiary/aromatic N) is 2. The second-order valence-electron chi connectivity index (χ2n) is 15.5. The summed E-state index contributed by atoms with van der Waals surface area (Å²) in [6, 6.07) is 47.7. The van der Waals surface area contributed by atoms with Gasteiger partial charge in [-0.1, -0.05) is 149 Å². The number of nitrogens with one attached hydrogen (secondary N) is 2. The van der Waals surface area contributed by atoms with E-state index in [0.717, 1.165) is 109 Å². The fourth-order valence-electron chi connectivity index (χ4n) is 8.33. The monoisotopic (exact) mass is 784 g/mol. The predicted molar refractivity (Wildman–Crippen MR) is 249 cm³/mol. The van der Waals surface area contributed by atoms with Gasteiger partial charge in [0.2, 0.25) is 0 Å². The second kappa shape index (κ2) is 17.8. The Morgan fingerprint density at radius 2 is 0.783 bits per heavy atom. The molecule has 6 nitrogen and oxygen atoms in total. The topological polar surface area (TPSA) is 83.7 Å². The van der Waals surface area contributed by atoms with Crippen LogP contribution in [0.25, 0.3) is 90.9 Å². The third-order valence-corrected chi connectivity index (χ3v) is 11.3. The largest absolute Gasteiger partial charge is 0.427 e. The van der Waals surface area contributed by atoms with Crippen LogP contribution < -0.4 is 4.74 Å². The molecule has 0 radical (unpaired) electrons. The molecule has 4 aromatic carbocycles. The summed E-state index contributed by atoms with van der Waals surface area (Å²) in [7, 11) is 0. The number of benzene rings is 4. The number of fused-ring (bicyclic) bond motifs is 8. The molecule has 0 unspecified atom stereocenters. The zero-order chi connectivity index (χ0) is 40.7. The molecule has 0 saturated carbocycles. The Labute approximate surface area is 351 Å². The molecule has 0 aliphatic carbocycles. The predicted octanol–water partition coefficient (Wildman–Crippen LogP) is 14.4. The lowest BCUT2D eigenvalue weighted by molar-refractivity contribution is -0.134. The fraction of sp³-hybridized carbons (Fsp3) is 0.167. The summed E-state index contributed by atoms with van der Waals surface area (Å²) in [5.74, 6) is 0.346. The average Bonchev–Trinajstić information content (AvgIpc) is 4.13. The van der Waals surface area contributed by atoms with Gasteiger partial charge in [-0.25, -0.2) is 9.97 Å². The number of H-pyrrole nitrogens is 2. The summed E-state index contributed by atoms with van der Waals surface area (Å²) < 4.78 is 5.82. The number of unbranched alkanes of at least 4 members (excludes halogenated alkanes) is 6. The summed E-state index contributed by atoms with van der Waals surface area (Å²) in [6.45, 7) is 2.23. The molecule has 0 spiro atoms. The molecule has 8 bridgehead atoms. The van der Waals surface area contributed by atoms with E-state index in [1.807, 2.05) is 42.5 Å². The molecule has 0 amide bonds. The Morgan fingerprint density at radius 3 is 1.17 bits per heavy atom. The van der Waals surface area contributed by atoms with Crippen LogP contribution in [-0.4, -0.2) is 25.9 Å². The summed E-state index contributed by atoms with van der Waals surface area (Å²) in [4.78, 5) is 31.2. The van der Waals surface area contributed by atoms with Crippen LogP contribution in [0.15, 0.2) is 140 Å². The number of aromatic amines is 2. The Morgan fingerprint density at radius 1 is 0.433 bits per heavy atom. The number of ether oxygens (including phenoxy) is 1. The highest BCUT2D eigenvalue weighted by Crippen LogP contribution is 2.38. The number of aromatic nitrogens is 4. The van der Waals surface area contributed by atoms with E-state index in [1.165, 1.54) is 25.7 Å². The molecule has 296 valence electrons. The second-order valence-corrected chi connectivity index (χ2v) is 15.5. The van der Waals surface area contributed by atoms with Gasteiger partial charge >= 0.3 is 5.97 Å². The first-order chi connectivity index (χ1) is 29.6. The lowest BCUT2D eigenvalue weighted by atomic mass is 10.0. The Hall–Kier alpha value is -7.05. The molecule has 0 fully saturated rings. The standard InChI is InChI=1S/C54H48N4O2/c1-2-3-4-5-6-7-17-24-50(59)60-41-27-25-40(26-28-41)54-48-35-33-46(57-48)52(38-20-13-9-14-21-38)44-31-29-42(55-44)51(37-18-11-8-12-19-37)43-30-32-45(56-43)53(39-22-15-10-16-23-39)47-34-36-49(54)58-47/h8-16,18-23,25-36,55,58H,2-7,17,24H2,1H3. The van der Waals surface area contributed by atoms with Crippen molar-refractivity contribution in [1.29, 1.82) is 0 Å². The van der Waals surface area contributed by atoms with Gasteiger partial charge in [-0.3, -0.25) is 4.79 Å². The van der Waals surface area contributed by atoms with Crippen molar-refractivity contribution in [3.05, 3.63) is 162 Å². The van der Waals surface area contributed by atoms with Gasteiger partial charge in [-0.15, -0.1) is 0 Å². The van der Waals surface area contributed by atoms with Crippen molar-refractivity contribution < 1.29 is 9.53 Å². The van der Waals surface area contributed by atoms with Crippen LogP contribution in [0, 0.1) is 0 Å². The van der Waals surface area contributed by atoms with Crippen LogP contribution >= 0.6 is 0 Å². The lowest BCUT2D eigenvalue weighted by Gasteiger charge is -2.08. The number of esters is 1. The van der Waals surface area contributed by atoms with Crippen molar-refractivity contribution in [2.24, 2.45) is 0 Å². The minimum absolute atomic E-state index is 0.191. The first-order valence-corrected chi connectivity index (χ1v) is 21.3. The van der Waals surface area contributed by atoms with E-state index in [-0.39, 0.29) is 5.97 Å². The molecule has 2 aliphatic rings. The summed E-state index contributed by atoms with van der Waals surface area (Å²) >= 11 is 0. The third kappa shape index (κ3) is 8.27. The highest BCUT2D eigenvalue weighted by molar-refractivity contribution is 5.99. The highest BCUT2D eigenvalue weighted by atomic mass is 16.5. The summed E-state index contributed by atoms with van der Waals surface area (Å²) in [6.07, 6.45) is 16.9. The normalized spacial score (nSPS) is 11.9. The van der Waals surface area contributed by atoms with Crippen molar-refractivity contribution in [1.82, 2.24) is 19.9 Å². The van der Waals surface area contributed by atoms with Crippen LogP contribution in [-0.2, 0) is 4.79 Å². The quantitative estimate of drug-likeness (QED) is 0.0693. The van der Waals surface area contributed by atoms with Gasteiger partial charge in [0.15, 0.2) is 0 Å². The zero-order valence-corrected chi connectivity index (χ0v) is 34.0. The molecule has 9 rings (SSSR count). The van der Waals surface area contributed by atoms with Gasteiger partial charge in [0.25, 0.3) is 0 Å². The van der Waals surface area contributed by atoms with Crippen LogP contribution in [0.4, 0.5) is 0 Å². The molecule has 2 aliphatic heterocycles. The van der Waals surface area contributed by atoms with E-state index in [2.05, 4.69) is 138 Å². The van der Waals surface area contributed by atoms with E-state index < -0.39 is 0 Å². The third-order valence-electron chi connectivity index (χ3n) is 11.3. The molecule has 60 heavy (non-hydrogen) atoms. The van der Waals surface area contributed by atoms with E-state index in [1.54, 1.807) is 0 Å². The van der Waals surface area contributed by atoms with Gasteiger partial charge in [0, 0.05) is 50.7 Å². The summed E-state index contributed by atoms with van der Waals surface area (Å²) in [5.41, 5.74) is 15.3. The Bertz CT molecular complexity index is 2810. The van der Waals surface area contributed by atoms with Crippen LogP contribution in [0.3, 0.4) is 0 Å². The number of hydrogen-bond acceptors (Lipinski definition) is 4. The number of hydrogen-bond donors (Lipinski definition) is 2. The maximum absolute atomic E-state index is 12.8. The van der Waals surface area contributed by atoms with Gasteiger partial charge in [0.05, 0.1) is 22.8 Å². The SMILES string of the molecule is CCCCCCCCCC(=O)Oc1ccc(-c2c3nc(c(-c4ccccc4)c4ccc([nH]4)c(-c4ccccc4)c4nc(c(-c5ccccc5)c5ccc2[nH]5)C=C4)C=C3)cc1. The van der Waals surface area contributed by atoms with Gasteiger partial charge in [-0.2, -0.15) is 0 Å². The van der Waals surface area contributed by atoms with Crippen molar-refractivity contribution >= 4 is 52.3 Å². The first kappa shape index (κ1) is 38.5. The molecule has 6 heteroatoms. The lowest BCUT2D eigenvalue weighted by Crippen LogP contribution is -2.07. The minimum Gasteiger partial charge on any atom is -0.427 e. The van der Waals surface area contributed by atoms with Crippen molar-refractivity contribution in [3.8, 4) is 50.3 Å². The molecule has 0 saturated heterocycles. The Kier molecular flexibility index (Phi) is 11.4. The fourth-order valence-corrected chi connectivity index (χ4v) is 8.33. The molecular weight excluding hydrogens is 737 g/mol. The van der Waals surface area contributed by atoms with Crippen LogP contribution in [0.5, 0.6) is 5.75 Å². The molecule has 0 atom stereocenters. The van der Waals surface area contributed by atoms with Crippen molar-refractivity contribution in [2.45, 2.75) is 58.3 Å². The molecular formula is C54H48N4O2. The molecule has 2 N–H and O–H groups in total. The maximum Gasteiger partial charge on any atom is 0.311 e. The van der Waals surface area contributed by atoms with Gasteiger partial charge in [0.1, 0.15) is 5.75 Å².